The normalized spacial score (nSPS) is 18.8. The fourth-order valence-corrected chi connectivity index (χ4v) is 15.4. The Balaban J connectivity index is 3.05. The van der Waals surface area contributed by atoms with Crippen LogP contribution in [-0.2, 0) is 0 Å². The highest BCUT2D eigenvalue weighted by Gasteiger charge is 2.40. The quantitative estimate of drug-likeness (QED) is 0.263. The summed E-state index contributed by atoms with van der Waals surface area (Å²) in [6.07, 6.45) is 13.0. The highest BCUT2D eigenvalue weighted by atomic mass is 28.4. The van der Waals surface area contributed by atoms with Crippen molar-refractivity contribution in [2.45, 2.75) is 111 Å². The van der Waals surface area contributed by atoms with Gasteiger partial charge in [-0.15, -0.1) is 0 Å². The fourth-order valence-electron chi connectivity index (χ4n) is 4.38. The summed E-state index contributed by atoms with van der Waals surface area (Å²) in [4.78, 5) is 1.82. The molecule has 0 fully saturated rings. The third kappa shape index (κ3) is 6.38. The molecule has 0 N–H and O–H groups in total. The van der Waals surface area contributed by atoms with Crippen LogP contribution in [0.25, 0.3) is 0 Å². The van der Waals surface area contributed by atoms with Gasteiger partial charge in [-0.25, -0.2) is 0 Å². The molecule has 1 aliphatic heterocycles. The van der Waals surface area contributed by atoms with Crippen LogP contribution in [0.15, 0.2) is 21.6 Å². The van der Waals surface area contributed by atoms with E-state index in [2.05, 4.69) is 46.6 Å². The first-order valence-electron chi connectivity index (χ1n) is 10.6. The predicted molar refractivity (Wildman–Crippen MR) is 113 cm³/mol. The minimum atomic E-state index is -1.68. The van der Waals surface area contributed by atoms with E-state index in [1.165, 1.54) is 69.8 Å². The highest BCUT2D eigenvalue weighted by molar-refractivity contribution is 7.08. The van der Waals surface area contributed by atoms with Crippen molar-refractivity contribution in [2.75, 3.05) is 0 Å². The molecule has 0 saturated heterocycles. The van der Waals surface area contributed by atoms with Gasteiger partial charge in [-0.2, -0.15) is 0 Å². The molecule has 1 aliphatic rings. The van der Waals surface area contributed by atoms with Gasteiger partial charge in [0, 0.05) is 0 Å². The lowest BCUT2D eigenvalue weighted by molar-refractivity contribution is 0.649. The number of hydrogen-bond acceptors (Lipinski definition) is 0. The van der Waals surface area contributed by atoms with Crippen LogP contribution in [0.5, 0.6) is 0 Å². The molecule has 0 aromatic rings. The molecule has 1 rings (SSSR count). The molecule has 0 bridgehead atoms. The average molecular weight is 352 g/mol. The molecule has 0 aliphatic carbocycles. The summed E-state index contributed by atoms with van der Waals surface area (Å²) in [6, 6.07) is 0. The van der Waals surface area contributed by atoms with E-state index in [9.17, 15) is 0 Å². The van der Waals surface area contributed by atoms with Gasteiger partial charge in [-0.1, -0.05) is 107 Å². The van der Waals surface area contributed by atoms with Gasteiger partial charge >= 0.3 is 0 Å². The van der Waals surface area contributed by atoms with E-state index in [4.69, 9.17) is 1.37 Å². The van der Waals surface area contributed by atoms with Gasteiger partial charge in [-0.3, -0.25) is 0 Å². The average Bonchev–Trinajstić information content (AvgIpc) is 2.67. The standard InChI is InChI=1S/C21H42Si2/c1-8-10-12-14-16-19-18-23(6,7)21(22(3,4)5)20(19)17-15-13-11-9-2/h18H,8-17H2,1-7H3/i18D. The van der Waals surface area contributed by atoms with E-state index in [1.54, 1.807) is 5.57 Å². The Morgan fingerprint density at radius 1 is 0.870 bits per heavy atom. The van der Waals surface area contributed by atoms with Gasteiger partial charge in [0.2, 0.25) is 0 Å². The van der Waals surface area contributed by atoms with Crippen molar-refractivity contribution in [3.05, 3.63) is 21.6 Å². The van der Waals surface area contributed by atoms with Crippen LogP contribution in [0.1, 0.15) is 79.4 Å². The van der Waals surface area contributed by atoms with Gasteiger partial charge in [0.1, 0.15) is 0 Å². The Labute approximate surface area is 150 Å². The van der Waals surface area contributed by atoms with Crippen molar-refractivity contribution in [2.24, 2.45) is 0 Å². The third-order valence-corrected chi connectivity index (χ3v) is 13.5. The Morgan fingerprint density at radius 2 is 1.39 bits per heavy atom. The van der Waals surface area contributed by atoms with Crippen LogP contribution in [0.4, 0.5) is 0 Å². The molecule has 0 radical (unpaired) electrons. The highest BCUT2D eigenvalue weighted by Crippen LogP contribution is 2.42. The second kappa shape index (κ2) is 9.41. The molecule has 0 aromatic heterocycles. The zero-order valence-corrected chi connectivity index (χ0v) is 19.1. The molecular formula is C21H42Si2. The molecule has 0 nitrogen and oxygen atoms in total. The smallest absolute Gasteiger partial charge is 0.0874 e. The molecule has 0 amide bonds. The Morgan fingerprint density at radius 3 is 1.87 bits per heavy atom. The zero-order chi connectivity index (χ0) is 18.4. The molecule has 2 heteroatoms. The van der Waals surface area contributed by atoms with Gasteiger partial charge in [0.15, 0.2) is 0 Å². The molecule has 23 heavy (non-hydrogen) atoms. The largest absolute Gasteiger partial charge is 0.0955 e. The summed E-state index contributed by atoms with van der Waals surface area (Å²) in [5.74, 6) is 0. The van der Waals surface area contributed by atoms with Gasteiger partial charge < -0.3 is 0 Å². The summed E-state index contributed by atoms with van der Waals surface area (Å²) in [6.45, 7) is 17.0. The van der Waals surface area contributed by atoms with Crippen molar-refractivity contribution < 1.29 is 1.37 Å². The molecule has 0 aromatic carbocycles. The molecule has 0 spiro atoms. The summed E-state index contributed by atoms with van der Waals surface area (Å²) in [7, 11) is -3.03. The van der Waals surface area contributed by atoms with Crippen LogP contribution in [0.2, 0.25) is 32.7 Å². The van der Waals surface area contributed by atoms with Gasteiger partial charge in [-0.05, 0) is 25.7 Å². The van der Waals surface area contributed by atoms with Crippen LogP contribution < -0.4 is 0 Å². The van der Waals surface area contributed by atoms with E-state index < -0.39 is 16.1 Å². The summed E-state index contributed by atoms with van der Waals surface area (Å²) >= 11 is 0. The van der Waals surface area contributed by atoms with E-state index in [0.29, 0.717) is 0 Å². The summed E-state index contributed by atoms with van der Waals surface area (Å²) < 4.78 is 8.95. The predicted octanol–water partition coefficient (Wildman–Crippen LogP) is 7.83. The second-order valence-corrected chi connectivity index (χ2v) is 18.5. The van der Waals surface area contributed by atoms with E-state index in [-0.39, 0.29) is 0 Å². The van der Waals surface area contributed by atoms with Crippen LogP contribution >= 0.6 is 0 Å². The van der Waals surface area contributed by atoms with Crippen molar-refractivity contribution in [3.8, 4) is 0 Å². The third-order valence-electron chi connectivity index (χ3n) is 5.07. The number of allylic oxidation sites excluding steroid dienone is 2. The maximum absolute atomic E-state index is 8.95. The maximum atomic E-state index is 8.95. The number of hydrogen-bond donors (Lipinski definition) is 0. The van der Waals surface area contributed by atoms with Gasteiger partial charge in [0.05, 0.1) is 17.5 Å². The first-order valence-corrected chi connectivity index (χ1v) is 16.6. The molecule has 0 saturated carbocycles. The molecule has 0 unspecified atom stereocenters. The SMILES string of the molecule is [2H]C1=C(CCCCCC)C(CCCCCC)=C([Si](C)(C)C)[Si]1(C)C. The topological polar surface area (TPSA) is 0 Å². The lowest BCUT2D eigenvalue weighted by Crippen LogP contribution is -2.40. The lowest BCUT2D eigenvalue weighted by Gasteiger charge is -2.31. The minimum Gasteiger partial charge on any atom is -0.0874 e. The maximum Gasteiger partial charge on any atom is 0.0955 e. The summed E-state index contributed by atoms with van der Waals surface area (Å²) in [5, 5.41) is 0. The van der Waals surface area contributed by atoms with Crippen LogP contribution in [-0.4, -0.2) is 16.1 Å². The molecular weight excluding hydrogens is 308 g/mol. The number of rotatable bonds is 11. The Hall–Kier alpha value is -0.0862. The van der Waals surface area contributed by atoms with Crippen LogP contribution in [0, 0.1) is 0 Å². The lowest BCUT2D eigenvalue weighted by atomic mass is 9.97. The van der Waals surface area contributed by atoms with Gasteiger partial charge in [0.25, 0.3) is 0 Å². The fraction of sp³-hybridized carbons (Fsp3) is 0.810. The molecule has 134 valence electrons. The van der Waals surface area contributed by atoms with E-state index in [0.717, 1.165) is 5.68 Å². The Kier molecular flexibility index (Phi) is 7.87. The Bertz CT molecular complexity index is 467. The summed E-state index contributed by atoms with van der Waals surface area (Å²) in [5.41, 5.74) is 4.27. The molecule has 1 heterocycles. The van der Waals surface area contributed by atoms with E-state index in [1.807, 2.05) is 4.82 Å². The number of unbranched alkanes of at least 4 members (excludes halogenated alkanes) is 6. The van der Waals surface area contributed by atoms with Crippen molar-refractivity contribution in [1.82, 2.24) is 0 Å². The first-order chi connectivity index (χ1) is 11.2. The van der Waals surface area contributed by atoms with E-state index >= 15 is 0 Å². The monoisotopic (exact) mass is 351 g/mol. The second-order valence-electron chi connectivity index (χ2n) is 8.95. The molecule has 0 atom stereocenters. The van der Waals surface area contributed by atoms with Crippen molar-refractivity contribution in [3.63, 3.8) is 0 Å². The zero-order valence-electron chi connectivity index (χ0n) is 18.1. The van der Waals surface area contributed by atoms with Crippen LogP contribution in [0.3, 0.4) is 0 Å². The minimum absolute atomic E-state index is 1.09. The van der Waals surface area contributed by atoms with Crippen molar-refractivity contribution >= 4 is 16.1 Å². The first kappa shape index (κ1) is 19.2. The van der Waals surface area contributed by atoms with Crippen molar-refractivity contribution in [1.29, 1.82) is 0 Å².